The number of carbonyl (C=O) groups is 2. The molecule has 0 saturated carbocycles. The summed E-state index contributed by atoms with van der Waals surface area (Å²) >= 11 is 1.37. The Hall–Kier alpha value is -2.15. The van der Waals surface area contributed by atoms with Crippen molar-refractivity contribution in [1.82, 2.24) is 15.1 Å². The number of nitrogens with one attached hydrogen (secondary N) is 2. The summed E-state index contributed by atoms with van der Waals surface area (Å²) in [5, 5.41) is 11.0. The van der Waals surface area contributed by atoms with Crippen LogP contribution in [0, 0.1) is 0 Å². The van der Waals surface area contributed by atoms with E-state index in [9.17, 15) is 9.59 Å². The molecule has 0 unspecified atom stereocenters. The molecule has 0 spiro atoms. The highest BCUT2D eigenvalue weighted by atomic mass is 32.1. The second kappa shape index (κ2) is 5.46. The maximum atomic E-state index is 11.7. The number of hydrogen-bond donors (Lipinski definition) is 2. The lowest BCUT2D eigenvalue weighted by molar-refractivity contribution is -0.121. The molecule has 6 nitrogen and oxygen atoms in total. The highest BCUT2D eigenvalue weighted by Crippen LogP contribution is 2.12. The summed E-state index contributed by atoms with van der Waals surface area (Å²) in [5.41, 5.74) is 0.567. The van der Waals surface area contributed by atoms with Gasteiger partial charge in [-0.05, 0) is 11.4 Å². The van der Waals surface area contributed by atoms with Crippen LogP contribution in [0.25, 0.3) is 0 Å². The Labute approximate surface area is 108 Å². The molecule has 0 bridgehead atoms. The molecular formula is C11H12N4O2S. The van der Waals surface area contributed by atoms with Crippen LogP contribution < -0.4 is 10.6 Å². The molecule has 2 aromatic rings. The van der Waals surface area contributed by atoms with E-state index in [2.05, 4.69) is 15.7 Å². The van der Waals surface area contributed by atoms with Crippen molar-refractivity contribution in [2.45, 2.75) is 6.54 Å². The summed E-state index contributed by atoms with van der Waals surface area (Å²) in [6, 6.07) is 3.56. The van der Waals surface area contributed by atoms with Crippen LogP contribution in [0.5, 0.6) is 0 Å². The molecule has 0 radical (unpaired) electrons. The normalized spacial score (nSPS) is 10.1. The van der Waals surface area contributed by atoms with Gasteiger partial charge >= 0.3 is 0 Å². The van der Waals surface area contributed by atoms with Gasteiger partial charge in [0.1, 0.15) is 6.54 Å². The van der Waals surface area contributed by atoms with E-state index >= 15 is 0 Å². The maximum absolute atomic E-state index is 11.7. The first kappa shape index (κ1) is 12.3. The number of carbonyl (C=O) groups excluding carboxylic acids is 2. The lowest BCUT2D eigenvalue weighted by Crippen LogP contribution is -2.23. The molecule has 0 saturated heterocycles. The summed E-state index contributed by atoms with van der Waals surface area (Å²) in [5.74, 6) is -0.321. The third-order valence-corrected chi connectivity index (χ3v) is 3.09. The number of amides is 2. The fourth-order valence-corrected chi connectivity index (χ4v) is 1.96. The number of aromatic nitrogens is 2. The van der Waals surface area contributed by atoms with Gasteiger partial charge in [0.15, 0.2) is 0 Å². The van der Waals surface area contributed by atoms with Crippen molar-refractivity contribution < 1.29 is 9.59 Å². The van der Waals surface area contributed by atoms with E-state index in [1.807, 2.05) is 11.4 Å². The Morgan fingerprint density at radius 2 is 2.33 bits per heavy atom. The monoisotopic (exact) mass is 264 g/mol. The summed E-state index contributed by atoms with van der Waals surface area (Å²) in [6.07, 6.45) is 3.12. The minimum atomic E-state index is -0.176. The molecule has 2 amide bonds. The smallest absolute Gasteiger partial charge is 0.265 e. The van der Waals surface area contributed by atoms with Crippen molar-refractivity contribution in [3.05, 3.63) is 34.8 Å². The van der Waals surface area contributed by atoms with Gasteiger partial charge in [0.05, 0.1) is 16.8 Å². The van der Waals surface area contributed by atoms with Gasteiger partial charge in [-0.3, -0.25) is 14.3 Å². The minimum Gasteiger partial charge on any atom is -0.358 e. The SMILES string of the molecule is CNC(=O)Cn1cc(NC(=O)c2cccs2)cn1. The van der Waals surface area contributed by atoms with Gasteiger partial charge in [-0.25, -0.2) is 0 Å². The number of thiophene rings is 1. The first-order valence-electron chi connectivity index (χ1n) is 5.27. The van der Waals surface area contributed by atoms with Gasteiger partial charge in [0, 0.05) is 13.2 Å². The topological polar surface area (TPSA) is 76.0 Å². The fourth-order valence-electron chi connectivity index (χ4n) is 1.34. The molecule has 0 aromatic carbocycles. The standard InChI is InChI=1S/C11H12N4O2S/c1-12-10(16)7-15-6-8(5-13-15)14-11(17)9-3-2-4-18-9/h2-6H,7H2,1H3,(H,12,16)(H,14,17). The van der Waals surface area contributed by atoms with Gasteiger partial charge in [-0.1, -0.05) is 6.07 Å². The zero-order valence-corrected chi connectivity index (χ0v) is 10.5. The lowest BCUT2D eigenvalue weighted by atomic mass is 10.4. The van der Waals surface area contributed by atoms with Crippen molar-refractivity contribution in [3.8, 4) is 0 Å². The lowest BCUT2D eigenvalue weighted by Gasteiger charge is -2.00. The molecule has 18 heavy (non-hydrogen) atoms. The summed E-state index contributed by atoms with van der Waals surface area (Å²) in [4.78, 5) is 23.5. The number of hydrogen-bond acceptors (Lipinski definition) is 4. The third kappa shape index (κ3) is 2.95. The minimum absolute atomic E-state index is 0.130. The van der Waals surface area contributed by atoms with Gasteiger partial charge in [-0.2, -0.15) is 5.10 Å². The van der Waals surface area contributed by atoms with Crippen molar-refractivity contribution >= 4 is 28.8 Å². The Balaban J connectivity index is 1.98. The van der Waals surface area contributed by atoms with Crippen LogP contribution in [-0.2, 0) is 11.3 Å². The predicted octanol–water partition coefficient (Wildman–Crippen LogP) is 0.943. The maximum Gasteiger partial charge on any atom is 0.265 e. The molecular weight excluding hydrogens is 252 g/mol. The number of anilines is 1. The molecule has 2 N–H and O–H groups in total. The molecule has 94 valence electrons. The van der Waals surface area contributed by atoms with E-state index in [0.29, 0.717) is 10.6 Å². The molecule has 0 atom stereocenters. The highest BCUT2D eigenvalue weighted by Gasteiger charge is 2.08. The quantitative estimate of drug-likeness (QED) is 0.863. The third-order valence-electron chi connectivity index (χ3n) is 2.22. The largest absolute Gasteiger partial charge is 0.358 e. The van der Waals surface area contributed by atoms with Gasteiger partial charge in [0.2, 0.25) is 5.91 Å². The van der Waals surface area contributed by atoms with Crippen LogP contribution in [0.3, 0.4) is 0 Å². The molecule has 0 aliphatic rings. The zero-order chi connectivity index (χ0) is 13.0. The van der Waals surface area contributed by atoms with Crippen LogP contribution >= 0.6 is 11.3 Å². The Bertz CT molecular complexity index is 547. The molecule has 2 heterocycles. The summed E-state index contributed by atoms with van der Waals surface area (Å²) in [6.45, 7) is 0.130. The van der Waals surface area contributed by atoms with Crippen LogP contribution in [0.15, 0.2) is 29.9 Å². The molecule has 0 aliphatic heterocycles. The molecule has 0 fully saturated rings. The molecule has 7 heteroatoms. The number of likely N-dealkylation sites (N-methyl/N-ethyl adjacent to an activating group) is 1. The Morgan fingerprint density at radius 1 is 1.50 bits per heavy atom. The average molecular weight is 264 g/mol. The van der Waals surface area contributed by atoms with Crippen molar-refractivity contribution in [1.29, 1.82) is 0 Å². The number of rotatable bonds is 4. The van der Waals surface area contributed by atoms with Crippen molar-refractivity contribution in [2.75, 3.05) is 12.4 Å². The Morgan fingerprint density at radius 3 is 3.00 bits per heavy atom. The van der Waals surface area contributed by atoms with Crippen molar-refractivity contribution in [2.24, 2.45) is 0 Å². The second-order valence-electron chi connectivity index (χ2n) is 3.53. The van der Waals surface area contributed by atoms with E-state index < -0.39 is 0 Å². The number of nitrogens with zero attached hydrogens (tertiary/aromatic N) is 2. The molecule has 2 rings (SSSR count). The predicted molar refractivity (Wildman–Crippen MR) is 68.6 cm³/mol. The van der Waals surface area contributed by atoms with E-state index in [-0.39, 0.29) is 18.4 Å². The Kier molecular flexibility index (Phi) is 3.73. The summed E-state index contributed by atoms with van der Waals surface area (Å²) in [7, 11) is 1.56. The molecule has 2 aromatic heterocycles. The van der Waals surface area contributed by atoms with Crippen LogP contribution in [0.2, 0.25) is 0 Å². The van der Waals surface area contributed by atoms with Crippen molar-refractivity contribution in [3.63, 3.8) is 0 Å². The van der Waals surface area contributed by atoms with E-state index in [4.69, 9.17) is 0 Å². The van der Waals surface area contributed by atoms with Gasteiger partial charge in [0.25, 0.3) is 5.91 Å². The highest BCUT2D eigenvalue weighted by molar-refractivity contribution is 7.12. The van der Waals surface area contributed by atoms with Crippen LogP contribution in [-0.4, -0.2) is 28.6 Å². The molecule has 0 aliphatic carbocycles. The first-order chi connectivity index (χ1) is 8.69. The average Bonchev–Trinajstić information content (AvgIpc) is 3.00. The summed E-state index contributed by atoms with van der Waals surface area (Å²) < 4.78 is 1.46. The van der Waals surface area contributed by atoms with Gasteiger partial charge < -0.3 is 10.6 Å². The zero-order valence-electron chi connectivity index (χ0n) is 9.71. The van der Waals surface area contributed by atoms with Gasteiger partial charge in [-0.15, -0.1) is 11.3 Å². The van der Waals surface area contributed by atoms with Crippen LogP contribution in [0.1, 0.15) is 9.67 Å². The van der Waals surface area contributed by atoms with E-state index in [0.717, 1.165) is 0 Å². The second-order valence-corrected chi connectivity index (χ2v) is 4.48. The van der Waals surface area contributed by atoms with E-state index in [1.165, 1.54) is 22.2 Å². The first-order valence-corrected chi connectivity index (χ1v) is 6.15. The fraction of sp³-hybridized carbons (Fsp3) is 0.182. The van der Waals surface area contributed by atoms with E-state index in [1.54, 1.807) is 19.3 Å². The van der Waals surface area contributed by atoms with Crippen LogP contribution in [0.4, 0.5) is 5.69 Å².